The first-order valence-electron chi connectivity index (χ1n) is 14.0. The van der Waals surface area contributed by atoms with Crippen LogP contribution >= 0.6 is 22.7 Å². The third-order valence-corrected chi connectivity index (χ3v) is 10.2. The molecule has 1 aliphatic carbocycles. The summed E-state index contributed by atoms with van der Waals surface area (Å²) in [5.41, 5.74) is 2.87. The van der Waals surface area contributed by atoms with Crippen LogP contribution in [-0.4, -0.2) is 94.9 Å². The van der Waals surface area contributed by atoms with E-state index < -0.39 is 0 Å². The third-order valence-electron chi connectivity index (χ3n) is 8.28. The molecule has 204 valence electrons. The molecule has 9 nitrogen and oxygen atoms in total. The van der Waals surface area contributed by atoms with Crippen molar-refractivity contribution in [3.05, 3.63) is 11.6 Å². The largest absolute Gasteiger partial charge is 0.352 e. The van der Waals surface area contributed by atoms with E-state index in [2.05, 4.69) is 21.6 Å². The summed E-state index contributed by atoms with van der Waals surface area (Å²) >= 11 is 3.15. The van der Waals surface area contributed by atoms with Crippen LogP contribution in [0.4, 0.5) is 10.3 Å². The van der Waals surface area contributed by atoms with Crippen molar-refractivity contribution in [3.63, 3.8) is 0 Å². The Hall–Kier alpha value is -2.50. The van der Waals surface area contributed by atoms with Crippen LogP contribution in [0.15, 0.2) is 6.07 Å². The van der Waals surface area contributed by atoms with Gasteiger partial charge < -0.3 is 20.4 Å². The lowest BCUT2D eigenvalue weighted by Gasteiger charge is -2.38. The van der Waals surface area contributed by atoms with Gasteiger partial charge in [0.1, 0.15) is 0 Å². The van der Waals surface area contributed by atoms with Gasteiger partial charge in [0.2, 0.25) is 11.8 Å². The molecule has 2 aromatic heterocycles. The Balaban J connectivity index is 1.05. The molecule has 1 aromatic carbocycles. The highest BCUT2D eigenvalue weighted by atomic mass is 32.1. The number of anilines is 2. The summed E-state index contributed by atoms with van der Waals surface area (Å²) < 4.78 is 2.16. The number of carbonyl (C=O) groups excluding carboxylic acids is 2. The number of likely N-dealkylation sites (tertiary alicyclic amines) is 1. The number of piperidine rings is 1. The van der Waals surface area contributed by atoms with E-state index >= 15 is 0 Å². The van der Waals surface area contributed by atoms with Gasteiger partial charge in [0.25, 0.3) is 0 Å². The molecule has 1 saturated carbocycles. The number of aryl methyl sites for hydroxylation is 1. The Morgan fingerprint density at radius 1 is 0.789 bits per heavy atom. The van der Waals surface area contributed by atoms with Gasteiger partial charge in [-0.05, 0) is 45.1 Å². The van der Waals surface area contributed by atoms with Crippen LogP contribution in [0.25, 0.3) is 20.4 Å². The molecule has 0 spiro atoms. The van der Waals surface area contributed by atoms with Crippen LogP contribution in [0.5, 0.6) is 0 Å². The number of piperazine rings is 1. The van der Waals surface area contributed by atoms with Gasteiger partial charge in [0, 0.05) is 50.9 Å². The van der Waals surface area contributed by atoms with Crippen LogP contribution in [0, 0.1) is 6.92 Å². The standard InChI is InChI=1S/C27H37N7O2S2/c1-18-24-20(37-26(30-24)28-16-22(35)33-9-5-2-6-10-33)15-21-25(18)31-27(38-21)29-17-23(36)34-13-11-32(12-14-34)19-7-3-4-8-19/h15,19H,2-14,16-17H2,1H3,(H,28,30)(H,29,31). The number of rotatable bonds is 7. The Labute approximate surface area is 231 Å². The average molecular weight is 556 g/mol. The first-order chi connectivity index (χ1) is 18.5. The lowest BCUT2D eigenvalue weighted by atomic mass is 10.1. The normalized spacial score (nSPS) is 19.5. The second kappa shape index (κ2) is 11.3. The van der Waals surface area contributed by atoms with Gasteiger partial charge in [0.15, 0.2) is 10.3 Å². The number of nitrogens with zero attached hydrogens (tertiary/aromatic N) is 5. The van der Waals surface area contributed by atoms with E-state index in [-0.39, 0.29) is 24.9 Å². The number of carbonyl (C=O) groups is 2. The Kier molecular flexibility index (Phi) is 7.67. The molecule has 3 aromatic rings. The van der Waals surface area contributed by atoms with Crippen LogP contribution in [0.3, 0.4) is 0 Å². The number of hydrogen-bond donors (Lipinski definition) is 2. The zero-order valence-corrected chi connectivity index (χ0v) is 23.8. The molecule has 3 fully saturated rings. The fourth-order valence-corrected chi connectivity index (χ4v) is 8.05. The van der Waals surface area contributed by atoms with E-state index in [1.54, 1.807) is 22.7 Å². The van der Waals surface area contributed by atoms with Crippen LogP contribution in [0.1, 0.15) is 50.5 Å². The van der Waals surface area contributed by atoms with Crippen molar-refractivity contribution >= 4 is 65.2 Å². The smallest absolute Gasteiger partial charge is 0.242 e. The molecule has 3 aliphatic rings. The zero-order valence-electron chi connectivity index (χ0n) is 22.1. The van der Waals surface area contributed by atoms with Gasteiger partial charge in [-0.3, -0.25) is 14.5 Å². The van der Waals surface area contributed by atoms with Crippen molar-refractivity contribution in [1.82, 2.24) is 24.7 Å². The molecular weight excluding hydrogens is 518 g/mol. The minimum Gasteiger partial charge on any atom is -0.352 e. The van der Waals surface area contributed by atoms with E-state index in [0.717, 1.165) is 94.4 Å². The van der Waals surface area contributed by atoms with Gasteiger partial charge in [-0.15, -0.1) is 0 Å². The quantitative estimate of drug-likeness (QED) is 0.453. The molecule has 2 amide bonds. The zero-order chi connectivity index (χ0) is 26.1. The minimum absolute atomic E-state index is 0.143. The lowest BCUT2D eigenvalue weighted by molar-refractivity contribution is -0.131. The van der Waals surface area contributed by atoms with Gasteiger partial charge in [-0.2, -0.15) is 0 Å². The number of fused-ring (bicyclic) bond motifs is 2. The number of aromatic nitrogens is 2. The SMILES string of the molecule is Cc1c2nc(NCC(=O)N3CCCCC3)sc2cc2sc(NCC(=O)N3CCN(C4CCCC4)CC3)nc12. The van der Waals surface area contributed by atoms with E-state index in [4.69, 9.17) is 9.97 Å². The maximum absolute atomic E-state index is 12.9. The molecular formula is C27H37N7O2S2. The highest BCUT2D eigenvalue weighted by molar-refractivity contribution is 7.24. The average Bonchev–Trinajstić information content (AvgIpc) is 3.71. The van der Waals surface area contributed by atoms with Crippen LogP contribution in [0.2, 0.25) is 0 Å². The second-order valence-electron chi connectivity index (χ2n) is 10.7. The van der Waals surface area contributed by atoms with Crippen molar-refractivity contribution < 1.29 is 9.59 Å². The molecule has 2 saturated heterocycles. The van der Waals surface area contributed by atoms with Crippen LogP contribution < -0.4 is 10.6 Å². The van der Waals surface area contributed by atoms with Gasteiger partial charge >= 0.3 is 0 Å². The number of benzene rings is 1. The summed E-state index contributed by atoms with van der Waals surface area (Å²) in [6, 6.07) is 2.86. The van der Waals surface area contributed by atoms with Gasteiger partial charge in [-0.1, -0.05) is 35.5 Å². The highest BCUT2D eigenvalue weighted by Gasteiger charge is 2.28. The molecule has 0 unspecified atom stereocenters. The predicted octanol–water partition coefficient (Wildman–Crippen LogP) is 4.14. The first kappa shape index (κ1) is 25.8. The molecule has 0 bridgehead atoms. The third kappa shape index (κ3) is 5.46. The number of nitrogens with one attached hydrogen (secondary N) is 2. The van der Waals surface area contributed by atoms with Crippen LogP contribution in [-0.2, 0) is 9.59 Å². The van der Waals surface area contributed by atoms with E-state index in [1.165, 1.54) is 32.1 Å². The monoisotopic (exact) mass is 555 g/mol. The molecule has 0 atom stereocenters. The summed E-state index contributed by atoms with van der Waals surface area (Å²) in [5, 5.41) is 8.05. The fourth-order valence-electron chi connectivity index (χ4n) is 6.05. The summed E-state index contributed by atoms with van der Waals surface area (Å²) in [6.45, 7) is 7.94. The van der Waals surface area contributed by atoms with Crippen molar-refractivity contribution in [2.45, 2.75) is 57.9 Å². The first-order valence-corrected chi connectivity index (χ1v) is 15.7. The van der Waals surface area contributed by atoms with Crippen molar-refractivity contribution in [3.8, 4) is 0 Å². The number of thiazole rings is 2. The maximum Gasteiger partial charge on any atom is 0.242 e. The van der Waals surface area contributed by atoms with Crippen molar-refractivity contribution in [2.75, 3.05) is 63.0 Å². The molecule has 11 heteroatoms. The van der Waals surface area contributed by atoms with Gasteiger partial charge in [-0.25, -0.2) is 9.97 Å². The van der Waals surface area contributed by atoms with Crippen molar-refractivity contribution in [2.24, 2.45) is 0 Å². The van der Waals surface area contributed by atoms with Crippen molar-refractivity contribution in [1.29, 1.82) is 0 Å². The highest BCUT2D eigenvalue weighted by Crippen LogP contribution is 2.37. The second-order valence-corrected chi connectivity index (χ2v) is 12.8. The number of amides is 2. The summed E-state index contributed by atoms with van der Waals surface area (Å²) in [7, 11) is 0. The summed E-state index contributed by atoms with van der Waals surface area (Å²) in [5.74, 6) is 0.286. The van der Waals surface area contributed by atoms with E-state index in [9.17, 15) is 9.59 Å². The lowest BCUT2D eigenvalue weighted by Crippen LogP contribution is -2.52. The summed E-state index contributed by atoms with van der Waals surface area (Å²) in [6.07, 6.45) is 8.73. The van der Waals surface area contributed by atoms with E-state index in [0.29, 0.717) is 0 Å². The minimum atomic E-state index is 0.143. The molecule has 6 rings (SSSR count). The molecule has 4 heterocycles. The molecule has 0 radical (unpaired) electrons. The molecule has 2 aliphatic heterocycles. The summed E-state index contributed by atoms with van der Waals surface area (Å²) in [4.78, 5) is 41.5. The van der Waals surface area contributed by atoms with Gasteiger partial charge in [0.05, 0.1) is 33.5 Å². The Morgan fingerprint density at radius 3 is 1.87 bits per heavy atom. The fraction of sp³-hybridized carbons (Fsp3) is 0.630. The Bertz CT molecular complexity index is 1300. The Morgan fingerprint density at radius 2 is 1.32 bits per heavy atom. The maximum atomic E-state index is 12.9. The topological polar surface area (TPSA) is 93.7 Å². The van der Waals surface area contributed by atoms with E-state index in [1.807, 2.05) is 16.7 Å². The predicted molar refractivity (Wildman–Crippen MR) is 155 cm³/mol. The molecule has 2 N–H and O–H groups in total. The molecule has 38 heavy (non-hydrogen) atoms. The number of hydrogen-bond acceptors (Lipinski definition) is 9.